The quantitative estimate of drug-likeness (QED) is 0.430. The SMILES string of the molecule is CC(=O)CCOC(=O)C(C)=O. The lowest BCUT2D eigenvalue weighted by atomic mass is 10.3. The van der Waals surface area contributed by atoms with Crippen LogP contribution in [0.5, 0.6) is 0 Å². The molecule has 11 heavy (non-hydrogen) atoms. The number of ketones is 2. The summed E-state index contributed by atoms with van der Waals surface area (Å²) in [6.45, 7) is 2.51. The Kier molecular flexibility index (Phi) is 4.10. The van der Waals surface area contributed by atoms with Crippen molar-refractivity contribution in [1.82, 2.24) is 0 Å². The van der Waals surface area contributed by atoms with Crippen LogP contribution in [0.3, 0.4) is 0 Å². The summed E-state index contributed by atoms with van der Waals surface area (Å²) in [4.78, 5) is 31.0. The van der Waals surface area contributed by atoms with E-state index in [9.17, 15) is 14.4 Å². The average Bonchev–Trinajstić information content (AvgIpc) is 1.86. The summed E-state index contributed by atoms with van der Waals surface area (Å²) >= 11 is 0. The highest BCUT2D eigenvalue weighted by atomic mass is 16.5. The normalized spacial score (nSPS) is 8.91. The van der Waals surface area contributed by atoms with Crippen molar-refractivity contribution in [2.24, 2.45) is 0 Å². The molecule has 0 amide bonds. The fourth-order valence-corrected chi connectivity index (χ4v) is 0.389. The number of hydrogen-bond acceptors (Lipinski definition) is 4. The maximum absolute atomic E-state index is 10.4. The summed E-state index contributed by atoms with van der Waals surface area (Å²) in [6.07, 6.45) is 0.166. The van der Waals surface area contributed by atoms with Crippen LogP contribution in [0.25, 0.3) is 0 Å². The molecule has 0 aromatic heterocycles. The van der Waals surface area contributed by atoms with E-state index in [4.69, 9.17) is 0 Å². The van der Waals surface area contributed by atoms with Gasteiger partial charge in [0, 0.05) is 13.3 Å². The molecule has 0 aromatic rings. The first-order valence-electron chi connectivity index (χ1n) is 3.21. The van der Waals surface area contributed by atoms with E-state index in [2.05, 4.69) is 4.74 Å². The number of Topliss-reactive ketones (excluding diaryl/α,β-unsaturated/α-hetero) is 2. The van der Waals surface area contributed by atoms with E-state index in [0.717, 1.165) is 6.92 Å². The molecule has 0 aromatic carbocycles. The first-order valence-corrected chi connectivity index (χ1v) is 3.21. The molecule has 0 bridgehead atoms. The van der Waals surface area contributed by atoms with Crippen molar-refractivity contribution >= 4 is 17.5 Å². The van der Waals surface area contributed by atoms with Gasteiger partial charge < -0.3 is 4.74 Å². The summed E-state index contributed by atoms with van der Waals surface area (Å²) in [7, 11) is 0. The van der Waals surface area contributed by atoms with Crippen molar-refractivity contribution in [3.63, 3.8) is 0 Å². The predicted molar refractivity (Wildman–Crippen MR) is 36.9 cm³/mol. The number of carbonyl (C=O) groups excluding carboxylic acids is 3. The molecule has 0 aliphatic heterocycles. The Morgan fingerprint density at radius 3 is 2.09 bits per heavy atom. The molecule has 0 rings (SSSR count). The molecule has 0 aliphatic carbocycles. The van der Waals surface area contributed by atoms with E-state index in [-0.39, 0.29) is 18.8 Å². The second-order valence-electron chi connectivity index (χ2n) is 2.14. The van der Waals surface area contributed by atoms with Crippen LogP contribution in [0.1, 0.15) is 20.3 Å². The molecule has 4 heteroatoms. The van der Waals surface area contributed by atoms with Crippen molar-refractivity contribution in [3.05, 3.63) is 0 Å². The Balaban J connectivity index is 3.47. The summed E-state index contributed by atoms with van der Waals surface area (Å²) in [5.74, 6) is -1.60. The van der Waals surface area contributed by atoms with Crippen molar-refractivity contribution in [2.45, 2.75) is 20.3 Å². The van der Waals surface area contributed by atoms with Gasteiger partial charge in [-0.2, -0.15) is 0 Å². The van der Waals surface area contributed by atoms with E-state index in [0.29, 0.717) is 0 Å². The molecule has 0 heterocycles. The fraction of sp³-hybridized carbons (Fsp3) is 0.571. The third-order valence-corrected chi connectivity index (χ3v) is 0.975. The molecule has 62 valence electrons. The summed E-state index contributed by atoms with van der Waals surface area (Å²) < 4.78 is 4.40. The number of rotatable bonds is 4. The molecule has 0 N–H and O–H groups in total. The second-order valence-corrected chi connectivity index (χ2v) is 2.14. The molecule has 0 saturated heterocycles. The van der Waals surface area contributed by atoms with Crippen LogP contribution >= 0.6 is 0 Å². The molecule has 4 nitrogen and oxygen atoms in total. The molecular weight excluding hydrogens is 148 g/mol. The van der Waals surface area contributed by atoms with Gasteiger partial charge in [-0.15, -0.1) is 0 Å². The lowest BCUT2D eigenvalue weighted by Gasteiger charge is -1.98. The molecule has 0 atom stereocenters. The highest BCUT2D eigenvalue weighted by molar-refractivity contribution is 6.32. The van der Waals surface area contributed by atoms with Crippen LogP contribution in [-0.2, 0) is 19.1 Å². The van der Waals surface area contributed by atoms with Crippen LogP contribution in [0.4, 0.5) is 0 Å². The van der Waals surface area contributed by atoms with Gasteiger partial charge in [0.2, 0.25) is 5.78 Å². The Bertz CT molecular complexity index is 183. The molecule has 0 unspecified atom stereocenters. The lowest BCUT2D eigenvalue weighted by molar-refractivity contribution is -0.153. The van der Waals surface area contributed by atoms with Gasteiger partial charge in [0.1, 0.15) is 5.78 Å². The van der Waals surface area contributed by atoms with Gasteiger partial charge in [-0.1, -0.05) is 0 Å². The Morgan fingerprint density at radius 1 is 1.18 bits per heavy atom. The Morgan fingerprint density at radius 2 is 1.73 bits per heavy atom. The largest absolute Gasteiger partial charge is 0.460 e. The van der Waals surface area contributed by atoms with Crippen molar-refractivity contribution in [1.29, 1.82) is 0 Å². The zero-order chi connectivity index (χ0) is 8.85. The van der Waals surface area contributed by atoms with Crippen molar-refractivity contribution in [2.75, 3.05) is 6.61 Å². The van der Waals surface area contributed by atoms with E-state index < -0.39 is 11.8 Å². The third-order valence-electron chi connectivity index (χ3n) is 0.975. The van der Waals surface area contributed by atoms with Gasteiger partial charge >= 0.3 is 5.97 Å². The van der Waals surface area contributed by atoms with E-state index >= 15 is 0 Å². The number of hydrogen-bond donors (Lipinski definition) is 0. The highest BCUT2D eigenvalue weighted by Gasteiger charge is 2.08. The number of carbonyl (C=O) groups is 3. The van der Waals surface area contributed by atoms with Crippen molar-refractivity contribution < 1.29 is 19.1 Å². The van der Waals surface area contributed by atoms with E-state index in [1.165, 1.54) is 6.92 Å². The van der Waals surface area contributed by atoms with E-state index in [1.54, 1.807) is 0 Å². The molecular formula is C7H10O4. The minimum atomic E-state index is -0.883. The zero-order valence-electron chi connectivity index (χ0n) is 6.55. The Labute approximate surface area is 64.5 Å². The van der Waals surface area contributed by atoms with Crippen LogP contribution in [0.15, 0.2) is 0 Å². The van der Waals surface area contributed by atoms with E-state index in [1.807, 2.05) is 0 Å². The van der Waals surface area contributed by atoms with Gasteiger partial charge in [0.25, 0.3) is 0 Å². The zero-order valence-corrected chi connectivity index (χ0v) is 6.55. The summed E-state index contributed by atoms with van der Waals surface area (Å²) in [5, 5.41) is 0. The van der Waals surface area contributed by atoms with Gasteiger partial charge in [0.05, 0.1) is 6.61 Å². The molecule has 0 saturated carbocycles. The lowest BCUT2D eigenvalue weighted by Crippen LogP contribution is -2.15. The highest BCUT2D eigenvalue weighted by Crippen LogP contribution is 1.86. The van der Waals surface area contributed by atoms with Gasteiger partial charge in [-0.3, -0.25) is 9.59 Å². The minimum absolute atomic E-state index is 0.00620. The number of esters is 1. The molecule has 0 radical (unpaired) electrons. The smallest absolute Gasteiger partial charge is 0.374 e. The maximum Gasteiger partial charge on any atom is 0.374 e. The topological polar surface area (TPSA) is 60.4 Å². The first-order chi connectivity index (χ1) is 5.04. The third kappa shape index (κ3) is 5.26. The standard InChI is InChI=1S/C7H10O4/c1-5(8)3-4-11-7(10)6(2)9/h3-4H2,1-2H3. The van der Waals surface area contributed by atoms with Gasteiger partial charge in [-0.25, -0.2) is 4.79 Å². The van der Waals surface area contributed by atoms with Gasteiger partial charge in [0.15, 0.2) is 0 Å². The Hall–Kier alpha value is -1.19. The average molecular weight is 158 g/mol. The van der Waals surface area contributed by atoms with Crippen LogP contribution in [0.2, 0.25) is 0 Å². The molecule has 0 spiro atoms. The first kappa shape index (κ1) is 9.81. The summed E-state index contributed by atoms with van der Waals surface area (Å²) in [5.41, 5.74) is 0. The number of ether oxygens (including phenoxy) is 1. The fourth-order valence-electron chi connectivity index (χ4n) is 0.389. The van der Waals surface area contributed by atoms with Crippen LogP contribution in [-0.4, -0.2) is 24.1 Å². The second kappa shape index (κ2) is 4.60. The predicted octanol–water partition coefficient (Wildman–Crippen LogP) is 0.0977. The molecule has 0 aliphatic rings. The maximum atomic E-state index is 10.4. The van der Waals surface area contributed by atoms with Gasteiger partial charge in [-0.05, 0) is 6.92 Å². The van der Waals surface area contributed by atoms with Crippen LogP contribution in [0, 0.1) is 0 Å². The summed E-state index contributed by atoms with van der Waals surface area (Å²) in [6, 6.07) is 0. The monoisotopic (exact) mass is 158 g/mol. The van der Waals surface area contributed by atoms with Crippen LogP contribution < -0.4 is 0 Å². The van der Waals surface area contributed by atoms with Crippen molar-refractivity contribution in [3.8, 4) is 0 Å². The molecule has 0 fully saturated rings. The minimum Gasteiger partial charge on any atom is -0.460 e.